The predicted molar refractivity (Wildman–Crippen MR) is 28.2 cm³/mol. The number of hydrogen-bond donors (Lipinski definition) is 2. The van der Waals surface area contributed by atoms with E-state index in [4.69, 9.17) is 5.11 Å². The summed E-state index contributed by atoms with van der Waals surface area (Å²) >= 11 is 0. The van der Waals surface area contributed by atoms with E-state index in [2.05, 4.69) is 10.5 Å². The highest BCUT2D eigenvalue weighted by Crippen LogP contribution is 2.05. The van der Waals surface area contributed by atoms with Crippen LogP contribution in [0.4, 0.5) is 0 Å². The van der Waals surface area contributed by atoms with Crippen molar-refractivity contribution in [3.8, 4) is 0 Å². The summed E-state index contributed by atoms with van der Waals surface area (Å²) in [6, 6.07) is 0. The van der Waals surface area contributed by atoms with E-state index in [1.165, 1.54) is 0 Å². The van der Waals surface area contributed by atoms with Crippen LogP contribution in [0, 0.1) is 4.91 Å². The van der Waals surface area contributed by atoms with Gasteiger partial charge in [-0.2, -0.15) is 0 Å². The molecule has 2 atom stereocenters. The molecule has 2 N–H and O–H groups in total. The van der Waals surface area contributed by atoms with Crippen LogP contribution < -0.4 is 5.32 Å². The first-order valence-corrected chi connectivity index (χ1v) is 2.57. The van der Waals surface area contributed by atoms with Crippen LogP contribution >= 0.6 is 0 Å². The first-order chi connectivity index (χ1) is 3.83. The van der Waals surface area contributed by atoms with Crippen LogP contribution in [0.2, 0.25) is 0 Å². The smallest absolute Gasteiger partial charge is 0.144 e. The van der Waals surface area contributed by atoms with Crippen molar-refractivity contribution >= 4 is 0 Å². The van der Waals surface area contributed by atoms with Crippen molar-refractivity contribution in [1.82, 2.24) is 5.32 Å². The largest absolute Gasteiger partial charge is 0.392 e. The van der Waals surface area contributed by atoms with Crippen molar-refractivity contribution in [2.75, 3.05) is 6.54 Å². The van der Waals surface area contributed by atoms with Crippen molar-refractivity contribution in [2.24, 2.45) is 5.18 Å². The van der Waals surface area contributed by atoms with Crippen LogP contribution in [0.5, 0.6) is 0 Å². The molecule has 46 valence electrons. The number of nitroso groups, excluding NO2 is 1. The molecule has 0 aliphatic carbocycles. The van der Waals surface area contributed by atoms with Gasteiger partial charge in [-0.3, -0.25) is 5.32 Å². The zero-order valence-corrected chi connectivity index (χ0v) is 4.37. The van der Waals surface area contributed by atoms with Gasteiger partial charge >= 0.3 is 0 Å². The molecule has 1 heterocycles. The molecule has 1 aliphatic rings. The van der Waals surface area contributed by atoms with Gasteiger partial charge in [-0.15, -0.1) is 4.91 Å². The number of hydrogen-bond acceptors (Lipinski definition) is 4. The number of aliphatic hydroxyl groups is 1. The lowest BCUT2D eigenvalue weighted by Gasteiger charge is -1.93. The lowest BCUT2D eigenvalue weighted by Crippen LogP contribution is -2.18. The monoisotopic (exact) mass is 116 g/mol. The summed E-state index contributed by atoms with van der Waals surface area (Å²) in [5, 5.41) is 14.2. The molecule has 0 bridgehead atoms. The third kappa shape index (κ3) is 1.02. The Labute approximate surface area is 46.9 Å². The number of rotatable bonds is 1. The number of nitrogens with one attached hydrogen (secondary N) is 1. The van der Waals surface area contributed by atoms with Gasteiger partial charge in [-0.05, 0) is 0 Å². The van der Waals surface area contributed by atoms with Gasteiger partial charge in [0.2, 0.25) is 0 Å². The lowest BCUT2D eigenvalue weighted by atomic mass is 10.3. The highest BCUT2D eigenvalue weighted by Gasteiger charge is 2.21. The van der Waals surface area contributed by atoms with Crippen molar-refractivity contribution in [1.29, 1.82) is 0 Å². The Morgan fingerprint density at radius 2 is 2.50 bits per heavy atom. The molecule has 0 saturated carbocycles. The predicted octanol–water partition coefficient (Wildman–Crippen LogP) is -0.567. The van der Waals surface area contributed by atoms with Crippen LogP contribution in [0.1, 0.15) is 6.42 Å². The van der Waals surface area contributed by atoms with E-state index in [0.717, 1.165) is 0 Å². The average molecular weight is 116 g/mol. The molecule has 1 aliphatic heterocycles. The van der Waals surface area contributed by atoms with Crippen molar-refractivity contribution < 1.29 is 5.11 Å². The summed E-state index contributed by atoms with van der Waals surface area (Å²) in [6.07, 6.45) is -0.272. The fraction of sp³-hybridized carbons (Fsp3) is 1.00. The van der Waals surface area contributed by atoms with Gasteiger partial charge in [0.05, 0.1) is 6.10 Å². The molecule has 0 aromatic rings. The van der Waals surface area contributed by atoms with E-state index in [9.17, 15) is 4.91 Å². The Hall–Kier alpha value is -0.480. The Morgan fingerprint density at radius 1 is 1.75 bits per heavy atom. The lowest BCUT2D eigenvalue weighted by molar-refractivity contribution is 0.193. The van der Waals surface area contributed by atoms with Crippen LogP contribution in [0.3, 0.4) is 0 Å². The molecule has 0 aromatic carbocycles. The summed E-state index contributed by atoms with van der Waals surface area (Å²) < 4.78 is 0. The maximum absolute atomic E-state index is 9.73. The molecule has 1 fully saturated rings. The first kappa shape index (κ1) is 5.65. The Kier molecular flexibility index (Phi) is 1.55. The van der Waals surface area contributed by atoms with Gasteiger partial charge in [0.15, 0.2) is 0 Å². The Morgan fingerprint density at radius 3 is 2.75 bits per heavy atom. The molecule has 1 saturated heterocycles. The van der Waals surface area contributed by atoms with Crippen molar-refractivity contribution in [3.63, 3.8) is 0 Å². The average Bonchev–Trinajstić information content (AvgIpc) is 2.14. The van der Waals surface area contributed by atoms with E-state index < -0.39 is 0 Å². The summed E-state index contributed by atoms with van der Waals surface area (Å²) in [4.78, 5) is 9.73. The molecular weight excluding hydrogens is 108 g/mol. The first-order valence-electron chi connectivity index (χ1n) is 2.57. The molecule has 0 aromatic heterocycles. The van der Waals surface area contributed by atoms with Gasteiger partial charge < -0.3 is 5.11 Å². The Bertz CT molecular complexity index is 96.0. The third-order valence-electron chi connectivity index (χ3n) is 1.21. The van der Waals surface area contributed by atoms with Crippen LogP contribution in [0.15, 0.2) is 5.18 Å². The van der Waals surface area contributed by atoms with E-state index in [1.807, 2.05) is 0 Å². The second kappa shape index (κ2) is 2.19. The van der Waals surface area contributed by atoms with Crippen molar-refractivity contribution in [2.45, 2.75) is 18.7 Å². The zero-order valence-electron chi connectivity index (χ0n) is 4.37. The number of nitrogens with zero attached hydrogens (tertiary/aromatic N) is 1. The summed E-state index contributed by atoms with van der Waals surface area (Å²) in [5.74, 6) is 0. The van der Waals surface area contributed by atoms with Gasteiger partial charge in [0.25, 0.3) is 0 Å². The molecule has 4 nitrogen and oxygen atoms in total. The Balaban J connectivity index is 2.32. The molecule has 0 spiro atoms. The minimum absolute atomic E-state index is 0.356. The van der Waals surface area contributed by atoms with Crippen LogP contribution in [0.25, 0.3) is 0 Å². The van der Waals surface area contributed by atoms with E-state index >= 15 is 0 Å². The van der Waals surface area contributed by atoms with Crippen LogP contribution in [-0.2, 0) is 0 Å². The molecule has 0 radical (unpaired) electrons. The maximum atomic E-state index is 9.73. The minimum Gasteiger partial charge on any atom is -0.392 e. The number of β-amino-alcohol motifs (C(OH)–C–C–N with tert-alkyl or cyclic N) is 1. The molecule has 0 amide bonds. The summed E-state index contributed by atoms with van der Waals surface area (Å²) in [7, 11) is 0. The molecule has 1 unspecified atom stereocenters. The number of aliphatic hydroxyl groups excluding tert-OH is 1. The SMILES string of the molecule is O=NC1C[C@H](O)CN1. The standard InChI is InChI=1S/C4H8N2O2/c7-3-1-4(6-8)5-2-3/h3-5,7H,1-2H2/t3-,4?/m0/s1. The van der Waals surface area contributed by atoms with Gasteiger partial charge in [-0.1, -0.05) is 5.18 Å². The molecule has 1 rings (SSSR count). The highest BCUT2D eigenvalue weighted by molar-refractivity contribution is 4.78. The maximum Gasteiger partial charge on any atom is 0.144 e. The third-order valence-corrected chi connectivity index (χ3v) is 1.21. The second-order valence-electron chi connectivity index (χ2n) is 1.92. The highest BCUT2D eigenvalue weighted by atomic mass is 16.3. The van der Waals surface area contributed by atoms with E-state index in [0.29, 0.717) is 13.0 Å². The summed E-state index contributed by atoms with van der Waals surface area (Å²) in [6.45, 7) is 0.496. The topological polar surface area (TPSA) is 61.7 Å². The minimum atomic E-state index is -0.377. The second-order valence-corrected chi connectivity index (χ2v) is 1.92. The van der Waals surface area contributed by atoms with Crippen molar-refractivity contribution in [3.05, 3.63) is 4.91 Å². The van der Waals surface area contributed by atoms with Gasteiger partial charge in [-0.25, -0.2) is 0 Å². The normalized spacial score (nSPS) is 37.6. The quantitative estimate of drug-likeness (QED) is 0.451. The molecular formula is C4H8N2O2. The van der Waals surface area contributed by atoms with Crippen LogP contribution in [-0.4, -0.2) is 23.9 Å². The van der Waals surface area contributed by atoms with E-state index in [-0.39, 0.29) is 12.3 Å². The fourth-order valence-electron chi connectivity index (χ4n) is 0.777. The van der Waals surface area contributed by atoms with Gasteiger partial charge in [0, 0.05) is 13.0 Å². The van der Waals surface area contributed by atoms with Gasteiger partial charge in [0.1, 0.15) is 6.17 Å². The molecule has 8 heavy (non-hydrogen) atoms. The van der Waals surface area contributed by atoms with E-state index in [1.54, 1.807) is 0 Å². The summed E-state index contributed by atoms with van der Waals surface area (Å²) in [5.41, 5.74) is 0. The molecule has 4 heteroatoms. The zero-order chi connectivity index (χ0) is 5.98. The fourth-order valence-corrected chi connectivity index (χ4v) is 0.777.